The molecule has 21 heavy (non-hydrogen) atoms. The molecule has 6 heteroatoms. The van der Waals surface area contributed by atoms with Crippen molar-refractivity contribution < 1.29 is 9.90 Å². The van der Waals surface area contributed by atoms with E-state index in [0.717, 1.165) is 11.4 Å². The van der Waals surface area contributed by atoms with Crippen LogP contribution in [0.25, 0.3) is 0 Å². The summed E-state index contributed by atoms with van der Waals surface area (Å²) in [6.45, 7) is 2.30. The van der Waals surface area contributed by atoms with E-state index in [4.69, 9.17) is 0 Å². The SMILES string of the molecule is CNC(=O)Nc1ccc(NCc2nc(C)ccc2O)cc1. The van der Waals surface area contributed by atoms with Crippen molar-refractivity contribution in [1.29, 1.82) is 0 Å². The maximum Gasteiger partial charge on any atom is 0.318 e. The Bertz CT molecular complexity index is 626. The highest BCUT2D eigenvalue weighted by Gasteiger charge is 2.03. The van der Waals surface area contributed by atoms with Crippen molar-refractivity contribution in [3.63, 3.8) is 0 Å². The van der Waals surface area contributed by atoms with Gasteiger partial charge in [0.25, 0.3) is 0 Å². The third-order valence-corrected chi connectivity index (χ3v) is 2.92. The first-order valence-electron chi connectivity index (χ1n) is 6.56. The summed E-state index contributed by atoms with van der Waals surface area (Å²) in [5, 5.41) is 18.1. The number of rotatable bonds is 4. The van der Waals surface area contributed by atoms with Crippen LogP contribution in [-0.4, -0.2) is 23.2 Å². The maximum atomic E-state index is 11.2. The molecule has 0 aliphatic heterocycles. The number of anilines is 2. The Hall–Kier alpha value is -2.76. The van der Waals surface area contributed by atoms with Crippen LogP contribution in [0.3, 0.4) is 0 Å². The molecule has 0 fully saturated rings. The number of urea groups is 1. The Labute approximate surface area is 123 Å². The third kappa shape index (κ3) is 4.10. The lowest BCUT2D eigenvalue weighted by Crippen LogP contribution is -2.24. The van der Waals surface area contributed by atoms with Crippen LogP contribution in [0.5, 0.6) is 5.75 Å². The summed E-state index contributed by atoms with van der Waals surface area (Å²) in [6.07, 6.45) is 0. The number of carbonyl (C=O) groups is 1. The molecule has 2 amide bonds. The van der Waals surface area contributed by atoms with Crippen LogP contribution < -0.4 is 16.0 Å². The van der Waals surface area contributed by atoms with Gasteiger partial charge in [0.1, 0.15) is 11.4 Å². The van der Waals surface area contributed by atoms with E-state index >= 15 is 0 Å². The summed E-state index contributed by atoms with van der Waals surface area (Å²) in [7, 11) is 1.56. The molecule has 1 heterocycles. The number of carbonyl (C=O) groups excluding carboxylic acids is 1. The minimum atomic E-state index is -0.260. The smallest absolute Gasteiger partial charge is 0.318 e. The number of aromatic nitrogens is 1. The molecule has 0 saturated heterocycles. The van der Waals surface area contributed by atoms with E-state index in [1.165, 1.54) is 0 Å². The zero-order chi connectivity index (χ0) is 15.2. The normalized spacial score (nSPS) is 10.0. The topological polar surface area (TPSA) is 86.3 Å². The molecule has 0 spiro atoms. The number of nitrogens with one attached hydrogen (secondary N) is 3. The molecule has 6 nitrogen and oxygen atoms in total. The summed E-state index contributed by atoms with van der Waals surface area (Å²) in [5.74, 6) is 0.172. The molecular weight excluding hydrogens is 268 g/mol. The van der Waals surface area contributed by atoms with Crippen LogP contribution >= 0.6 is 0 Å². The molecule has 2 aromatic rings. The van der Waals surface area contributed by atoms with E-state index in [1.807, 2.05) is 19.1 Å². The summed E-state index contributed by atoms with van der Waals surface area (Å²) in [4.78, 5) is 15.5. The Morgan fingerprint density at radius 2 is 1.81 bits per heavy atom. The molecule has 0 saturated carbocycles. The standard InChI is InChI=1S/C15H18N4O2/c1-10-3-8-14(20)13(18-10)9-17-11-4-6-12(7-5-11)19-15(21)16-2/h3-8,17,20H,9H2,1-2H3,(H2,16,19,21). The fourth-order valence-electron chi connectivity index (χ4n) is 1.78. The lowest BCUT2D eigenvalue weighted by atomic mass is 10.2. The highest BCUT2D eigenvalue weighted by atomic mass is 16.3. The molecule has 1 aromatic heterocycles. The minimum absolute atomic E-state index is 0.172. The highest BCUT2D eigenvalue weighted by Crippen LogP contribution is 2.18. The van der Waals surface area contributed by atoms with E-state index in [9.17, 15) is 9.90 Å². The van der Waals surface area contributed by atoms with Gasteiger partial charge in [-0.25, -0.2) is 4.79 Å². The van der Waals surface area contributed by atoms with Crippen molar-refractivity contribution in [1.82, 2.24) is 10.3 Å². The quantitative estimate of drug-likeness (QED) is 0.695. The molecule has 0 radical (unpaired) electrons. The van der Waals surface area contributed by atoms with Crippen molar-refractivity contribution in [2.24, 2.45) is 0 Å². The molecule has 110 valence electrons. The van der Waals surface area contributed by atoms with Crippen molar-refractivity contribution in [2.75, 3.05) is 17.7 Å². The van der Waals surface area contributed by atoms with Gasteiger partial charge < -0.3 is 21.1 Å². The van der Waals surface area contributed by atoms with Gasteiger partial charge in [-0.1, -0.05) is 0 Å². The lowest BCUT2D eigenvalue weighted by Gasteiger charge is -2.09. The molecule has 0 aliphatic rings. The number of hydrogen-bond acceptors (Lipinski definition) is 4. The van der Waals surface area contributed by atoms with E-state index in [-0.39, 0.29) is 11.8 Å². The Kier molecular flexibility index (Phi) is 4.61. The second kappa shape index (κ2) is 6.60. The number of hydrogen-bond donors (Lipinski definition) is 4. The number of amides is 2. The number of nitrogens with zero attached hydrogens (tertiary/aromatic N) is 1. The van der Waals surface area contributed by atoms with Crippen molar-refractivity contribution >= 4 is 17.4 Å². The Morgan fingerprint density at radius 3 is 2.48 bits per heavy atom. The predicted octanol–water partition coefficient (Wildman–Crippen LogP) is 2.46. The number of pyridine rings is 1. The lowest BCUT2D eigenvalue weighted by molar-refractivity contribution is 0.254. The first kappa shape index (κ1) is 14.6. The second-order valence-electron chi connectivity index (χ2n) is 4.55. The van der Waals surface area contributed by atoms with Gasteiger partial charge >= 0.3 is 6.03 Å². The largest absolute Gasteiger partial charge is 0.506 e. The zero-order valence-electron chi connectivity index (χ0n) is 12.0. The Morgan fingerprint density at radius 1 is 1.14 bits per heavy atom. The molecule has 1 aromatic carbocycles. The van der Waals surface area contributed by atoms with Gasteiger partial charge in [0.15, 0.2) is 0 Å². The molecule has 4 N–H and O–H groups in total. The van der Waals surface area contributed by atoms with Gasteiger partial charge in [-0.05, 0) is 43.3 Å². The first-order valence-corrected chi connectivity index (χ1v) is 6.56. The van der Waals surface area contributed by atoms with Crippen molar-refractivity contribution in [3.8, 4) is 5.75 Å². The van der Waals surface area contributed by atoms with Crippen LogP contribution in [0.1, 0.15) is 11.4 Å². The van der Waals surface area contributed by atoms with E-state index in [0.29, 0.717) is 17.9 Å². The average molecular weight is 286 g/mol. The van der Waals surface area contributed by atoms with Crippen LogP contribution in [-0.2, 0) is 6.54 Å². The summed E-state index contributed by atoms with van der Waals surface area (Å²) >= 11 is 0. The molecule has 0 bridgehead atoms. The van der Waals surface area contributed by atoms with E-state index < -0.39 is 0 Å². The van der Waals surface area contributed by atoms with Gasteiger partial charge in [-0.3, -0.25) is 4.98 Å². The summed E-state index contributed by atoms with van der Waals surface area (Å²) in [6, 6.07) is 10.4. The van der Waals surface area contributed by atoms with Gasteiger partial charge in [0.2, 0.25) is 0 Å². The van der Waals surface area contributed by atoms with Crippen LogP contribution in [0, 0.1) is 6.92 Å². The summed E-state index contributed by atoms with van der Waals surface area (Å²) < 4.78 is 0. The van der Waals surface area contributed by atoms with Gasteiger partial charge in [-0.15, -0.1) is 0 Å². The second-order valence-corrected chi connectivity index (χ2v) is 4.55. The number of aryl methyl sites for hydroxylation is 1. The fourth-order valence-corrected chi connectivity index (χ4v) is 1.78. The molecular formula is C15H18N4O2. The fraction of sp³-hybridized carbons (Fsp3) is 0.200. The molecule has 0 unspecified atom stereocenters. The number of benzene rings is 1. The maximum absolute atomic E-state index is 11.2. The molecule has 0 atom stereocenters. The number of aromatic hydroxyl groups is 1. The van der Waals surface area contributed by atoms with Crippen molar-refractivity contribution in [2.45, 2.75) is 13.5 Å². The summed E-state index contributed by atoms with van der Waals surface area (Å²) in [5.41, 5.74) is 3.04. The van der Waals surface area contributed by atoms with Crippen LogP contribution in [0.4, 0.5) is 16.2 Å². The molecule has 2 rings (SSSR count). The molecule has 0 aliphatic carbocycles. The van der Waals surface area contributed by atoms with Gasteiger partial charge in [0, 0.05) is 24.1 Å². The van der Waals surface area contributed by atoms with Crippen LogP contribution in [0.2, 0.25) is 0 Å². The minimum Gasteiger partial charge on any atom is -0.506 e. The third-order valence-electron chi connectivity index (χ3n) is 2.92. The average Bonchev–Trinajstić information content (AvgIpc) is 2.49. The highest BCUT2D eigenvalue weighted by molar-refractivity contribution is 5.89. The first-order chi connectivity index (χ1) is 10.1. The predicted molar refractivity (Wildman–Crippen MR) is 82.5 cm³/mol. The van der Waals surface area contributed by atoms with Gasteiger partial charge in [0.05, 0.1) is 6.54 Å². The van der Waals surface area contributed by atoms with Gasteiger partial charge in [-0.2, -0.15) is 0 Å². The van der Waals surface area contributed by atoms with Crippen molar-refractivity contribution in [3.05, 3.63) is 47.8 Å². The Balaban J connectivity index is 1.97. The van der Waals surface area contributed by atoms with E-state index in [2.05, 4.69) is 20.9 Å². The monoisotopic (exact) mass is 286 g/mol. The zero-order valence-corrected chi connectivity index (χ0v) is 12.0. The van der Waals surface area contributed by atoms with E-state index in [1.54, 1.807) is 31.3 Å². The van der Waals surface area contributed by atoms with Crippen LogP contribution in [0.15, 0.2) is 36.4 Å².